The summed E-state index contributed by atoms with van der Waals surface area (Å²) in [5.74, 6) is -5.46. The highest BCUT2D eigenvalue weighted by Gasteiger charge is 2.47. The van der Waals surface area contributed by atoms with Gasteiger partial charge in [0.05, 0.1) is 11.8 Å². The third-order valence-electron chi connectivity index (χ3n) is 4.17. The minimum Gasteiger partial charge on any atom is -0.462 e. The molecule has 0 heterocycles. The second-order valence-corrected chi connectivity index (χ2v) is 6.65. The molecule has 0 aliphatic heterocycles. The summed E-state index contributed by atoms with van der Waals surface area (Å²) in [5, 5.41) is 0. The smallest absolute Gasteiger partial charge is 0.395 e. The topological polar surface area (TPSA) is 26.3 Å². The first-order chi connectivity index (χ1) is 11.9. The number of carbonyl (C=O) groups excluding carboxylic acids is 1. The molecule has 0 aromatic heterocycles. The SMILES string of the molecule is C=C(C)C(=O)OCC(CC(CCCCCCCC)C(F)(F)F)C(F)(F)F. The van der Waals surface area contributed by atoms with Crippen molar-refractivity contribution < 1.29 is 35.9 Å². The van der Waals surface area contributed by atoms with Gasteiger partial charge in [-0.3, -0.25) is 0 Å². The van der Waals surface area contributed by atoms with Crippen LogP contribution in [0.15, 0.2) is 12.2 Å². The van der Waals surface area contributed by atoms with Gasteiger partial charge in [0.25, 0.3) is 0 Å². The normalized spacial score (nSPS) is 14.8. The van der Waals surface area contributed by atoms with Crippen LogP contribution in [0.25, 0.3) is 0 Å². The number of hydrogen-bond acceptors (Lipinski definition) is 2. The molecule has 2 nitrogen and oxygen atoms in total. The fourth-order valence-corrected chi connectivity index (χ4v) is 2.53. The molecule has 0 N–H and O–H groups in total. The van der Waals surface area contributed by atoms with Crippen LogP contribution >= 0.6 is 0 Å². The summed E-state index contributed by atoms with van der Waals surface area (Å²) < 4.78 is 83.1. The maximum atomic E-state index is 13.1. The Bertz CT molecular complexity index is 428. The van der Waals surface area contributed by atoms with E-state index in [1.807, 2.05) is 6.92 Å². The highest BCUT2D eigenvalue weighted by atomic mass is 19.4. The molecule has 0 aromatic carbocycles. The minimum atomic E-state index is -4.88. The molecule has 0 radical (unpaired) electrons. The average Bonchev–Trinajstić information content (AvgIpc) is 2.49. The highest BCUT2D eigenvalue weighted by molar-refractivity contribution is 5.86. The van der Waals surface area contributed by atoms with Crippen LogP contribution < -0.4 is 0 Å². The number of esters is 1. The second kappa shape index (κ2) is 11.5. The van der Waals surface area contributed by atoms with E-state index in [4.69, 9.17) is 0 Å². The summed E-state index contributed by atoms with van der Waals surface area (Å²) in [4.78, 5) is 11.2. The fraction of sp³-hybridized carbons (Fsp3) is 0.833. The summed E-state index contributed by atoms with van der Waals surface area (Å²) >= 11 is 0. The molecule has 154 valence electrons. The molecule has 0 aromatic rings. The maximum absolute atomic E-state index is 13.1. The lowest BCUT2D eigenvalue weighted by molar-refractivity contribution is -0.219. The van der Waals surface area contributed by atoms with Crippen molar-refractivity contribution in [2.45, 2.75) is 77.6 Å². The summed E-state index contributed by atoms with van der Waals surface area (Å²) in [6.07, 6.45) is -6.61. The van der Waals surface area contributed by atoms with Gasteiger partial charge in [-0.25, -0.2) is 4.79 Å². The molecule has 0 spiro atoms. The van der Waals surface area contributed by atoms with E-state index in [-0.39, 0.29) is 18.4 Å². The molecule has 8 heteroatoms. The van der Waals surface area contributed by atoms with Crippen molar-refractivity contribution in [3.63, 3.8) is 0 Å². The van der Waals surface area contributed by atoms with Crippen molar-refractivity contribution in [1.82, 2.24) is 0 Å². The summed E-state index contributed by atoms with van der Waals surface area (Å²) in [5.41, 5.74) is -0.106. The Morgan fingerprint density at radius 1 is 0.923 bits per heavy atom. The standard InChI is InChI=1S/C18H28F6O2/c1-4-5-6-7-8-9-10-14(17(19,20)21)11-15(18(22,23)24)12-26-16(25)13(2)3/h14-15H,2,4-12H2,1,3H3. The lowest BCUT2D eigenvalue weighted by Gasteiger charge is -2.27. The van der Waals surface area contributed by atoms with E-state index >= 15 is 0 Å². The van der Waals surface area contributed by atoms with Crippen LogP contribution in [0.3, 0.4) is 0 Å². The van der Waals surface area contributed by atoms with Gasteiger partial charge < -0.3 is 4.74 Å². The molecule has 0 amide bonds. The molecule has 0 aliphatic carbocycles. The first kappa shape index (κ1) is 24.8. The van der Waals surface area contributed by atoms with Gasteiger partial charge in [0, 0.05) is 5.57 Å². The maximum Gasteiger partial charge on any atom is 0.395 e. The molecule has 26 heavy (non-hydrogen) atoms. The van der Waals surface area contributed by atoms with Gasteiger partial charge in [0.15, 0.2) is 0 Å². The Balaban J connectivity index is 4.77. The molecule has 2 unspecified atom stereocenters. The van der Waals surface area contributed by atoms with Crippen molar-refractivity contribution >= 4 is 5.97 Å². The fourth-order valence-electron chi connectivity index (χ4n) is 2.53. The number of unbranched alkanes of at least 4 members (excludes halogenated alkanes) is 5. The number of ether oxygens (including phenoxy) is 1. The van der Waals surface area contributed by atoms with Crippen LogP contribution in [0.2, 0.25) is 0 Å². The van der Waals surface area contributed by atoms with Crippen molar-refractivity contribution in [1.29, 1.82) is 0 Å². The molecule has 0 saturated heterocycles. The van der Waals surface area contributed by atoms with Crippen LogP contribution in [0, 0.1) is 11.8 Å². The molecule has 2 atom stereocenters. The first-order valence-electron chi connectivity index (χ1n) is 8.85. The van der Waals surface area contributed by atoms with Gasteiger partial charge >= 0.3 is 18.3 Å². The molecule has 0 aliphatic rings. The minimum absolute atomic E-state index is 0.106. The van der Waals surface area contributed by atoms with E-state index in [9.17, 15) is 31.1 Å². The van der Waals surface area contributed by atoms with E-state index in [0.29, 0.717) is 6.42 Å². The second-order valence-electron chi connectivity index (χ2n) is 6.65. The van der Waals surface area contributed by atoms with Crippen LogP contribution in [0.5, 0.6) is 0 Å². The lowest BCUT2D eigenvalue weighted by atomic mass is 9.89. The van der Waals surface area contributed by atoms with E-state index in [0.717, 1.165) is 25.7 Å². The van der Waals surface area contributed by atoms with E-state index in [1.165, 1.54) is 6.92 Å². The van der Waals surface area contributed by atoms with Crippen molar-refractivity contribution in [2.24, 2.45) is 11.8 Å². The number of hydrogen-bond donors (Lipinski definition) is 0. The van der Waals surface area contributed by atoms with E-state index in [2.05, 4.69) is 11.3 Å². The quantitative estimate of drug-likeness (QED) is 0.162. The Labute approximate surface area is 151 Å². The van der Waals surface area contributed by atoms with Gasteiger partial charge in [0.2, 0.25) is 0 Å². The molecule has 0 saturated carbocycles. The van der Waals surface area contributed by atoms with Crippen LogP contribution in [0.1, 0.15) is 65.2 Å². The lowest BCUT2D eigenvalue weighted by Crippen LogP contribution is -2.35. The van der Waals surface area contributed by atoms with E-state index in [1.54, 1.807) is 0 Å². The van der Waals surface area contributed by atoms with E-state index < -0.39 is 43.2 Å². The van der Waals surface area contributed by atoms with Crippen LogP contribution in [-0.4, -0.2) is 24.9 Å². The summed E-state index contributed by atoms with van der Waals surface area (Å²) in [7, 11) is 0. The zero-order valence-electron chi connectivity index (χ0n) is 15.3. The predicted molar refractivity (Wildman–Crippen MR) is 87.5 cm³/mol. The third-order valence-corrected chi connectivity index (χ3v) is 4.17. The number of alkyl halides is 6. The zero-order valence-corrected chi connectivity index (χ0v) is 15.3. The summed E-state index contributed by atoms with van der Waals surface area (Å²) in [6.45, 7) is 5.37. The van der Waals surface area contributed by atoms with Crippen LogP contribution in [-0.2, 0) is 9.53 Å². The zero-order chi connectivity index (χ0) is 20.4. The Kier molecular flexibility index (Phi) is 11.0. The number of halogens is 6. The van der Waals surface area contributed by atoms with Gasteiger partial charge in [-0.15, -0.1) is 0 Å². The van der Waals surface area contributed by atoms with Gasteiger partial charge in [0.1, 0.15) is 6.61 Å². The van der Waals surface area contributed by atoms with Crippen molar-refractivity contribution in [2.75, 3.05) is 6.61 Å². The largest absolute Gasteiger partial charge is 0.462 e. The predicted octanol–water partition coefficient (Wildman–Crippen LogP) is 6.60. The number of carbonyl (C=O) groups is 1. The Hall–Kier alpha value is -1.21. The molecule has 0 rings (SSSR count). The van der Waals surface area contributed by atoms with Crippen molar-refractivity contribution in [3.05, 3.63) is 12.2 Å². The molecular weight excluding hydrogens is 362 g/mol. The summed E-state index contributed by atoms with van der Waals surface area (Å²) in [6, 6.07) is 0. The highest BCUT2D eigenvalue weighted by Crippen LogP contribution is 2.40. The van der Waals surface area contributed by atoms with Crippen molar-refractivity contribution in [3.8, 4) is 0 Å². The van der Waals surface area contributed by atoms with Gasteiger partial charge in [-0.2, -0.15) is 26.3 Å². The molecule has 0 bridgehead atoms. The molecule has 0 fully saturated rings. The Morgan fingerprint density at radius 2 is 1.42 bits per heavy atom. The Morgan fingerprint density at radius 3 is 1.88 bits per heavy atom. The number of rotatable bonds is 12. The third kappa shape index (κ3) is 10.7. The average molecular weight is 390 g/mol. The van der Waals surface area contributed by atoms with Gasteiger partial charge in [-0.1, -0.05) is 52.0 Å². The monoisotopic (exact) mass is 390 g/mol. The van der Waals surface area contributed by atoms with Crippen LogP contribution in [0.4, 0.5) is 26.3 Å². The van der Waals surface area contributed by atoms with Gasteiger partial charge in [-0.05, 0) is 19.8 Å². The first-order valence-corrected chi connectivity index (χ1v) is 8.85. The molecular formula is C18H28F6O2.